The Balaban J connectivity index is 1.87. The second-order valence-corrected chi connectivity index (χ2v) is 4.95. The van der Waals surface area contributed by atoms with Gasteiger partial charge in [-0.25, -0.2) is 0 Å². The van der Waals surface area contributed by atoms with Gasteiger partial charge in [0.2, 0.25) is 0 Å². The van der Waals surface area contributed by atoms with E-state index >= 15 is 0 Å². The second-order valence-electron chi connectivity index (χ2n) is 4.95. The molecule has 82 valence electrons. The highest BCUT2D eigenvalue weighted by molar-refractivity contribution is 4.86. The Morgan fingerprint density at radius 2 is 1.93 bits per heavy atom. The smallest absolute Gasteiger partial charge is 0.0476 e. The third kappa shape index (κ3) is 2.29. The van der Waals surface area contributed by atoms with Crippen LogP contribution >= 0.6 is 0 Å². The predicted molar refractivity (Wildman–Crippen MR) is 58.2 cm³/mol. The summed E-state index contributed by atoms with van der Waals surface area (Å²) < 4.78 is 0. The molecule has 2 N–H and O–H groups in total. The van der Waals surface area contributed by atoms with Crippen LogP contribution in [0.2, 0.25) is 0 Å². The van der Waals surface area contributed by atoms with E-state index < -0.39 is 0 Å². The molecular weight excluding hydrogens is 174 g/mol. The van der Waals surface area contributed by atoms with Gasteiger partial charge in [-0.15, -0.1) is 0 Å². The van der Waals surface area contributed by atoms with E-state index in [1.165, 1.54) is 44.9 Å². The predicted octanol–water partition coefficient (Wildman–Crippen LogP) is 1.93. The van der Waals surface area contributed by atoms with Gasteiger partial charge in [-0.1, -0.05) is 32.1 Å². The van der Waals surface area contributed by atoms with Gasteiger partial charge in [0.15, 0.2) is 0 Å². The van der Waals surface area contributed by atoms with Gasteiger partial charge in [0.05, 0.1) is 0 Å². The van der Waals surface area contributed by atoms with Crippen LogP contribution in [0.5, 0.6) is 0 Å². The molecule has 0 amide bonds. The topological polar surface area (TPSA) is 32.3 Å². The van der Waals surface area contributed by atoms with Gasteiger partial charge in [0.1, 0.15) is 0 Å². The maximum atomic E-state index is 9.47. The molecule has 0 aromatic heterocycles. The normalized spacial score (nSPS) is 31.9. The van der Waals surface area contributed by atoms with Gasteiger partial charge in [-0.2, -0.15) is 0 Å². The fourth-order valence-corrected chi connectivity index (χ4v) is 2.89. The molecule has 2 aliphatic rings. The van der Waals surface area contributed by atoms with Crippen LogP contribution in [0.4, 0.5) is 0 Å². The summed E-state index contributed by atoms with van der Waals surface area (Å²) in [7, 11) is 0. The molecule has 0 bridgehead atoms. The summed E-state index contributed by atoms with van der Waals surface area (Å²) in [6.45, 7) is 1.55. The van der Waals surface area contributed by atoms with E-state index in [4.69, 9.17) is 0 Å². The zero-order valence-corrected chi connectivity index (χ0v) is 9.04. The van der Waals surface area contributed by atoms with Gasteiger partial charge in [-0.3, -0.25) is 0 Å². The molecule has 2 fully saturated rings. The van der Waals surface area contributed by atoms with Crippen LogP contribution in [-0.4, -0.2) is 24.3 Å². The molecular formula is C12H23NO. The maximum Gasteiger partial charge on any atom is 0.0476 e. The first kappa shape index (κ1) is 10.4. The number of hydrogen-bond donors (Lipinski definition) is 2. The highest BCUT2D eigenvalue weighted by Crippen LogP contribution is 2.36. The van der Waals surface area contributed by atoms with Gasteiger partial charge in [0, 0.05) is 18.6 Å². The second kappa shape index (κ2) is 5.13. The fourth-order valence-electron chi connectivity index (χ4n) is 2.89. The molecule has 2 atom stereocenters. The lowest BCUT2D eigenvalue weighted by Crippen LogP contribution is -2.43. The summed E-state index contributed by atoms with van der Waals surface area (Å²) in [4.78, 5) is 0. The lowest BCUT2D eigenvalue weighted by atomic mass is 9.72. The van der Waals surface area contributed by atoms with Gasteiger partial charge in [-0.05, 0) is 25.3 Å². The standard InChI is InChI=1S/C12H23NO/c14-9-11(10-5-4-6-10)12-7-2-1-3-8-13-12/h10-14H,1-9H2. The lowest BCUT2D eigenvalue weighted by Gasteiger charge is -2.37. The van der Waals surface area contributed by atoms with Crippen LogP contribution in [-0.2, 0) is 0 Å². The van der Waals surface area contributed by atoms with Crippen molar-refractivity contribution in [2.75, 3.05) is 13.2 Å². The Morgan fingerprint density at radius 3 is 2.57 bits per heavy atom. The van der Waals surface area contributed by atoms with Crippen molar-refractivity contribution in [1.82, 2.24) is 5.32 Å². The first-order valence-electron chi connectivity index (χ1n) is 6.26. The van der Waals surface area contributed by atoms with Crippen molar-refractivity contribution >= 4 is 0 Å². The van der Waals surface area contributed by atoms with Crippen molar-refractivity contribution < 1.29 is 5.11 Å². The van der Waals surface area contributed by atoms with Crippen molar-refractivity contribution in [3.63, 3.8) is 0 Å². The van der Waals surface area contributed by atoms with E-state index in [0.717, 1.165) is 12.5 Å². The first-order valence-corrected chi connectivity index (χ1v) is 6.26. The van der Waals surface area contributed by atoms with Crippen molar-refractivity contribution in [3.8, 4) is 0 Å². The van der Waals surface area contributed by atoms with Gasteiger partial charge < -0.3 is 10.4 Å². The molecule has 14 heavy (non-hydrogen) atoms. The quantitative estimate of drug-likeness (QED) is 0.724. The first-order chi connectivity index (χ1) is 6.92. The Bertz CT molecular complexity index is 160. The number of hydrogen-bond acceptors (Lipinski definition) is 2. The zero-order chi connectivity index (χ0) is 9.80. The highest BCUT2D eigenvalue weighted by Gasteiger charge is 2.32. The molecule has 0 aromatic rings. The lowest BCUT2D eigenvalue weighted by molar-refractivity contribution is 0.0897. The molecule has 1 saturated heterocycles. The van der Waals surface area contributed by atoms with E-state index in [1.807, 2.05) is 0 Å². The number of aliphatic hydroxyl groups excluding tert-OH is 1. The van der Waals surface area contributed by atoms with Crippen LogP contribution < -0.4 is 5.32 Å². The number of rotatable bonds is 3. The van der Waals surface area contributed by atoms with E-state index in [9.17, 15) is 5.11 Å². The van der Waals surface area contributed by atoms with E-state index in [0.29, 0.717) is 18.6 Å². The summed E-state index contributed by atoms with van der Waals surface area (Å²) in [6, 6.07) is 0.604. The minimum Gasteiger partial charge on any atom is -0.396 e. The van der Waals surface area contributed by atoms with Gasteiger partial charge >= 0.3 is 0 Å². The SMILES string of the molecule is OCC(C1CCC1)C1CCCCCN1. The van der Waals surface area contributed by atoms with Crippen molar-refractivity contribution in [2.45, 2.75) is 51.0 Å². The third-order valence-electron chi connectivity index (χ3n) is 4.08. The van der Waals surface area contributed by atoms with Crippen LogP contribution in [0.25, 0.3) is 0 Å². The molecule has 0 spiro atoms. The maximum absolute atomic E-state index is 9.47. The van der Waals surface area contributed by atoms with E-state index in [1.54, 1.807) is 0 Å². The Labute approximate surface area is 87.1 Å². The summed E-state index contributed by atoms with van der Waals surface area (Å²) in [5.41, 5.74) is 0. The highest BCUT2D eigenvalue weighted by atomic mass is 16.3. The molecule has 1 saturated carbocycles. The molecule has 2 heteroatoms. The molecule has 1 heterocycles. The summed E-state index contributed by atoms with van der Waals surface area (Å²) >= 11 is 0. The largest absolute Gasteiger partial charge is 0.396 e. The average Bonchev–Trinajstić information content (AvgIpc) is 2.38. The minimum atomic E-state index is 0.391. The molecule has 0 aromatic carbocycles. The van der Waals surface area contributed by atoms with Crippen molar-refractivity contribution in [2.24, 2.45) is 11.8 Å². The Hall–Kier alpha value is -0.0800. The van der Waals surface area contributed by atoms with Crippen molar-refractivity contribution in [1.29, 1.82) is 0 Å². The van der Waals surface area contributed by atoms with Crippen LogP contribution in [0.3, 0.4) is 0 Å². The van der Waals surface area contributed by atoms with E-state index in [2.05, 4.69) is 5.32 Å². The number of aliphatic hydroxyl groups is 1. The molecule has 0 radical (unpaired) electrons. The monoisotopic (exact) mass is 197 g/mol. The van der Waals surface area contributed by atoms with E-state index in [-0.39, 0.29) is 0 Å². The number of nitrogens with one attached hydrogen (secondary N) is 1. The molecule has 1 aliphatic carbocycles. The Morgan fingerprint density at radius 1 is 1.07 bits per heavy atom. The average molecular weight is 197 g/mol. The third-order valence-corrected chi connectivity index (χ3v) is 4.08. The summed E-state index contributed by atoms with van der Waals surface area (Å²) in [5, 5.41) is 13.1. The molecule has 2 rings (SSSR count). The fraction of sp³-hybridized carbons (Fsp3) is 1.00. The van der Waals surface area contributed by atoms with Crippen molar-refractivity contribution in [3.05, 3.63) is 0 Å². The van der Waals surface area contributed by atoms with Crippen LogP contribution in [0.15, 0.2) is 0 Å². The summed E-state index contributed by atoms with van der Waals surface area (Å²) in [5.74, 6) is 1.36. The Kier molecular flexibility index (Phi) is 3.82. The zero-order valence-electron chi connectivity index (χ0n) is 9.04. The summed E-state index contributed by atoms with van der Waals surface area (Å²) in [6.07, 6.45) is 9.40. The van der Waals surface area contributed by atoms with Gasteiger partial charge in [0.25, 0.3) is 0 Å². The van der Waals surface area contributed by atoms with Crippen LogP contribution in [0.1, 0.15) is 44.9 Å². The minimum absolute atomic E-state index is 0.391. The molecule has 1 aliphatic heterocycles. The molecule has 2 unspecified atom stereocenters. The molecule has 2 nitrogen and oxygen atoms in total. The van der Waals surface area contributed by atoms with Crippen LogP contribution in [0, 0.1) is 11.8 Å².